The molecular weight excluding hydrogens is 252 g/mol. The fourth-order valence-electron chi connectivity index (χ4n) is 3.25. The third-order valence-corrected chi connectivity index (χ3v) is 5.57. The van der Waals surface area contributed by atoms with Crippen molar-refractivity contribution < 1.29 is 0 Å². The highest BCUT2D eigenvalue weighted by atomic mass is 32.1. The van der Waals surface area contributed by atoms with Crippen molar-refractivity contribution in [3.05, 3.63) is 29.3 Å². The average Bonchev–Trinajstić information content (AvgIpc) is 3.04. The monoisotopic (exact) mass is 274 g/mol. The molecule has 0 spiro atoms. The molecule has 0 bridgehead atoms. The summed E-state index contributed by atoms with van der Waals surface area (Å²) in [5.74, 6) is 1.61. The first-order chi connectivity index (χ1) is 9.26. The first-order valence-electron chi connectivity index (χ1n) is 7.36. The number of benzene rings is 1. The summed E-state index contributed by atoms with van der Waals surface area (Å²) in [5, 5.41) is 1.20. The van der Waals surface area contributed by atoms with Gasteiger partial charge in [-0.05, 0) is 36.8 Å². The van der Waals surface area contributed by atoms with Crippen molar-refractivity contribution in [2.45, 2.75) is 45.1 Å². The third kappa shape index (κ3) is 2.82. The van der Waals surface area contributed by atoms with E-state index < -0.39 is 0 Å². The minimum atomic E-state index is 0.289. The summed E-state index contributed by atoms with van der Waals surface area (Å²) in [7, 11) is 0. The molecule has 0 saturated heterocycles. The van der Waals surface area contributed by atoms with Crippen LogP contribution in [0.25, 0.3) is 10.2 Å². The van der Waals surface area contributed by atoms with Crippen molar-refractivity contribution in [1.29, 1.82) is 0 Å². The van der Waals surface area contributed by atoms with Crippen LogP contribution in [0.1, 0.15) is 37.6 Å². The molecule has 2 nitrogen and oxygen atoms in total. The van der Waals surface area contributed by atoms with Crippen LogP contribution in [0, 0.1) is 11.8 Å². The number of hydrogen-bond acceptors (Lipinski definition) is 3. The Bertz CT molecular complexity index is 515. The lowest BCUT2D eigenvalue weighted by atomic mass is 9.94. The van der Waals surface area contributed by atoms with Gasteiger partial charge < -0.3 is 5.73 Å². The first-order valence-corrected chi connectivity index (χ1v) is 8.18. The van der Waals surface area contributed by atoms with E-state index in [4.69, 9.17) is 10.7 Å². The molecule has 1 heterocycles. The molecule has 19 heavy (non-hydrogen) atoms. The van der Waals surface area contributed by atoms with Crippen LogP contribution in [0.4, 0.5) is 0 Å². The Hall–Kier alpha value is -0.930. The van der Waals surface area contributed by atoms with Crippen LogP contribution in [-0.2, 0) is 6.42 Å². The van der Waals surface area contributed by atoms with Crippen LogP contribution in [0.2, 0.25) is 0 Å². The Balaban J connectivity index is 1.67. The second-order valence-corrected chi connectivity index (χ2v) is 6.91. The number of hydrogen-bond donors (Lipinski definition) is 1. The fourth-order valence-corrected chi connectivity index (χ4v) is 4.29. The smallest absolute Gasteiger partial charge is 0.0954 e. The number of nitrogens with zero attached hydrogens (tertiary/aromatic N) is 1. The van der Waals surface area contributed by atoms with Gasteiger partial charge in [0.1, 0.15) is 0 Å². The van der Waals surface area contributed by atoms with Gasteiger partial charge in [0.25, 0.3) is 0 Å². The number of para-hydroxylation sites is 1. The van der Waals surface area contributed by atoms with Crippen molar-refractivity contribution in [3.8, 4) is 0 Å². The molecule has 1 fully saturated rings. The second-order valence-electron chi connectivity index (χ2n) is 5.79. The van der Waals surface area contributed by atoms with Gasteiger partial charge in [0.05, 0.1) is 15.2 Å². The molecule has 102 valence electrons. The Labute approximate surface area is 119 Å². The lowest BCUT2D eigenvalue weighted by molar-refractivity contribution is 0.405. The van der Waals surface area contributed by atoms with Gasteiger partial charge in [-0.3, -0.25) is 0 Å². The number of nitrogens with two attached hydrogens (primary N) is 1. The summed E-state index contributed by atoms with van der Waals surface area (Å²) in [6.07, 6.45) is 6.26. The van der Waals surface area contributed by atoms with E-state index in [9.17, 15) is 0 Å². The van der Waals surface area contributed by atoms with Crippen LogP contribution < -0.4 is 5.73 Å². The Morgan fingerprint density at radius 3 is 2.95 bits per heavy atom. The van der Waals surface area contributed by atoms with E-state index in [1.165, 1.54) is 35.4 Å². The lowest BCUT2D eigenvalue weighted by Gasteiger charge is -2.18. The van der Waals surface area contributed by atoms with Gasteiger partial charge in [-0.15, -0.1) is 11.3 Å². The molecule has 3 atom stereocenters. The zero-order valence-corrected chi connectivity index (χ0v) is 12.3. The topological polar surface area (TPSA) is 38.9 Å². The standard InChI is InChI=1S/C16H22N2S/c1-2-11-7-8-12(9-11)13(17)10-16-18-14-5-3-4-6-15(14)19-16/h3-6,11-13H,2,7-10,17H2,1H3. The summed E-state index contributed by atoms with van der Waals surface area (Å²) in [5.41, 5.74) is 7.53. The van der Waals surface area contributed by atoms with Crippen molar-refractivity contribution in [3.63, 3.8) is 0 Å². The molecule has 1 saturated carbocycles. The SMILES string of the molecule is CCC1CCC(C(N)Cc2nc3ccccc3s2)C1. The minimum Gasteiger partial charge on any atom is -0.327 e. The predicted molar refractivity (Wildman–Crippen MR) is 82.4 cm³/mol. The summed E-state index contributed by atoms with van der Waals surface area (Å²) in [4.78, 5) is 4.70. The molecule has 0 radical (unpaired) electrons. The molecule has 1 aliphatic carbocycles. The maximum Gasteiger partial charge on any atom is 0.0954 e. The van der Waals surface area contributed by atoms with E-state index >= 15 is 0 Å². The molecular formula is C16H22N2S. The number of rotatable bonds is 4. The van der Waals surface area contributed by atoms with Crippen LogP contribution in [0.5, 0.6) is 0 Å². The van der Waals surface area contributed by atoms with Gasteiger partial charge in [0.15, 0.2) is 0 Å². The fraction of sp³-hybridized carbons (Fsp3) is 0.562. The lowest BCUT2D eigenvalue weighted by Crippen LogP contribution is -2.30. The largest absolute Gasteiger partial charge is 0.327 e. The Morgan fingerprint density at radius 2 is 2.21 bits per heavy atom. The van der Waals surface area contributed by atoms with Gasteiger partial charge in [0.2, 0.25) is 0 Å². The van der Waals surface area contributed by atoms with E-state index in [1.807, 2.05) is 0 Å². The summed E-state index contributed by atoms with van der Waals surface area (Å²) in [6, 6.07) is 8.65. The van der Waals surface area contributed by atoms with Gasteiger partial charge in [-0.1, -0.05) is 31.9 Å². The summed E-state index contributed by atoms with van der Waals surface area (Å²) >= 11 is 1.80. The van der Waals surface area contributed by atoms with Gasteiger partial charge in [0, 0.05) is 12.5 Å². The zero-order valence-electron chi connectivity index (χ0n) is 11.5. The Kier molecular flexibility index (Phi) is 3.85. The molecule has 1 aromatic heterocycles. The molecule has 3 heteroatoms. The van der Waals surface area contributed by atoms with Gasteiger partial charge in [-0.2, -0.15) is 0 Å². The van der Waals surface area contributed by atoms with Crippen molar-refractivity contribution >= 4 is 21.6 Å². The summed E-state index contributed by atoms with van der Waals surface area (Å²) in [6.45, 7) is 2.30. The normalized spacial score (nSPS) is 24.9. The molecule has 3 rings (SSSR count). The van der Waals surface area contributed by atoms with Crippen LogP contribution in [-0.4, -0.2) is 11.0 Å². The molecule has 0 amide bonds. The zero-order chi connectivity index (χ0) is 13.2. The number of fused-ring (bicyclic) bond motifs is 1. The maximum atomic E-state index is 6.42. The highest BCUT2D eigenvalue weighted by Gasteiger charge is 2.28. The molecule has 2 N–H and O–H groups in total. The first kappa shape index (κ1) is 13.1. The average molecular weight is 274 g/mol. The highest BCUT2D eigenvalue weighted by Crippen LogP contribution is 2.35. The van der Waals surface area contributed by atoms with E-state index in [0.29, 0.717) is 5.92 Å². The van der Waals surface area contributed by atoms with E-state index in [0.717, 1.165) is 17.9 Å². The van der Waals surface area contributed by atoms with Crippen LogP contribution in [0.3, 0.4) is 0 Å². The van der Waals surface area contributed by atoms with E-state index in [-0.39, 0.29) is 6.04 Å². The van der Waals surface area contributed by atoms with E-state index in [2.05, 4.69) is 31.2 Å². The molecule has 3 unspecified atom stereocenters. The van der Waals surface area contributed by atoms with Gasteiger partial charge in [-0.25, -0.2) is 4.98 Å². The van der Waals surface area contributed by atoms with Crippen LogP contribution >= 0.6 is 11.3 Å². The van der Waals surface area contributed by atoms with Crippen molar-refractivity contribution in [2.75, 3.05) is 0 Å². The number of aromatic nitrogens is 1. The maximum absolute atomic E-state index is 6.42. The molecule has 1 aliphatic rings. The summed E-state index contributed by atoms with van der Waals surface area (Å²) < 4.78 is 1.28. The van der Waals surface area contributed by atoms with E-state index in [1.54, 1.807) is 11.3 Å². The third-order valence-electron chi connectivity index (χ3n) is 4.51. The predicted octanol–water partition coefficient (Wildman–Crippen LogP) is 3.99. The molecule has 1 aromatic carbocycles. The quantitative estimate of drug-likeness (QED) is 0.915. The van der Waals surface area contributed by atoms with Crippen molar-refractivity contribution in [1.82, 2.24) is 4.98 Å². The Morgan fingerprint density at radius 1 is 1.37 bits per heavy atom. The van der Waals surface area contributed by atoms with Gasteiger partial charge >= 0.3 is 0 Å². The highest BCUT2D eigenvalue weighted by molar-refractivity contribution is 7.18. The van der Waals surface area contributed by atoms with Crippen LogP contribution in [0.15, 0.2) is 24.3 Å². The second kappa shape index (κ2) is 5.59. The minimum absolute atomic E-state index is 0.289. The molecule has 0 aliphatic heterocycles. The molecule has 2 aromatic rings. The number of thiazole rings is 1. The van der Waals surface area contributed by atoms with Crippen molar-refractivity contribution in [2.24, 2.45) is 17.6 Å².